The van der Waals surface area contributed by atoms with Crippen molar-refractivity contribution < 1.29 is 13.9 Å². The number of furan rings is 1. The number of rotatable bonds is 6. The van der Waals surface area contributed by atoms with Gasteiger partial charge in [0.15, 0.2) is 0 Å². The van der Waals surface area contributed by atoms with Gasteiger partial charge in [-0.2, -0.15) is 0 Å². The monoisotopic (exact) mass is 383 g/mol. The smallest absolute Gasteiger partial charge is 0.224 e. The molecule has 140 valence electrons. The van der Waals surface area contributed by atoms with E-state index in [1.165, 1.54) is 11.1 Å². The van der Waals surface area contributed by atoms with Crippen LogP contribution < -0.4 is 10.1 Å². The van der Waals surface area contributed by atoms with Crippen LogP contribution in [0.5, 0.6) is 5.75 Å². The Morgan fingerprint density at radius 1 is 1.07 bits per heavy atom. The first-order valence-corrected chi connectivity index (χ1v) is 9.14. The molecule has 4 nitrogen and oxygen atoms in total. The van der Waals surface area contributed by atoms with E-state index in [1.807, 2.05) is 18.2 Å². The molecule has 0 aliphatic rings. The van der Waals surface area contributed by atoms with Gasteiger partial charge in [0.2, 0.25) is 5.91 Å². The van der Waals surface area contributed by atoms with Crippen LogP contribution in [0.3, 0.4) is 0 Å². The highest BCUT2D eigenvalue weighted by molar-refractivity contribution is 6.32. The third-order valence-corrected chi connectivity index (χ3v) is 4.78. The van der Waals surface area contributed by atoms with Gasteiger partial charge in [-0.1, -0.05) is 23.7 Å². The van der Waals surface area contributed by atoms with Crippen molar-refractivity contribution in [2.24, 2.45) is 0 Å². The van der Waals surface area contributed by atoms with Crippen LogP contribution in [0.15, 0.2) is 52.9 Å². The summed E-state index contributed by atoms with van der Waals surface area (Å²) in [4.78, 5) is 12.2. The molecule has 0 unspecified atom stereocenters. The van der Waals surface area contributed by atoms with Gasteiger partial charge in [-0.15, -0.1) is 0 Å². The number of carbonyl (C=O) groups excluding carboxylic acids is 1. The van der Waals surface area contributed by atoms with E-state index in [1.54, 1.807) is 25.3 Å². The maximum absolute atomic E-state index is 12.2. The molecule has 2 aromatic carbocycles. The predicted octanol–water partition coefficient (Wildman–Crippen LogP) is 5.80. The van der Waals surface area contributed by atoms with Gasteiger partial charge in [0.1, 0.15) is 17.3 Å². The minimum Gasteiger partial charge on any atom is -0.495 e. The number of anilines is 1. The molecule has 1 N–H and O–H groups in total. The molecule has 3 aromatic rings. The predicted molar refractivity (Wildman–Crippen MR) is 109 cm³/mol. The average molecular weight is 384 g/mol. The van der Waals surface area contributed by atoms with Crippen LogP contribution in [0, 0.1) is 13.8 Å². The molecule has 0 bridgehead atoms. The van der Waals surface area contributed by atoms with Crippen LogP contribution in [-0.4, -0.2) is 13.0 Å². The first-order valence-electron chi connectivity index (χ1n) is 8.76. The highest BCUT2D eigenvalue weighted by atomic mass is 35.5. The van der Waals surface area contributed by atoms with E-state index in [4.69, 9.17) is 20.8 Å². The quantitative estimate of drug-likeness (QED) is 0.585. The fourth-order valence-corrected chi connectivity index (χ4v) is 3.02. The van der Waals surface area contributed by atoms with E-state index < -0.39 is 0 Å². The molecule has 1 heterocycles. The minimum absolute atomic E-state index is 0.0969. The van der Waals surface area contributed by atoms with Crippen molar-refractivity contribution in [3.63, 3.8) is 0 Å². The van der Waals surface area contributed by atoms with E-state index in [2.05, 4.69) is 31.3 Å². The van der Waals surface area contributed by atoms with Crippen molar-refractivity contribution >= 4 is 23.2 Å². The zero-order valence-corrected chi connectivity index (χ0v) is 16.4. The summed E-state index contributed by atoms with van der Waals surface area (Å²) in [5.41, 5.74) is 4.16. The lowest BCUT2D eigenvalue weighted by molar-refractivity contribution is -0.116. The number of methoxy groups -OCH3 is 1. The topological polar surface area (TPSA) is 51.5 Å². The number of hydrogen-bond acceptors (Lipinski definition) is 3. The highest BCUT2D eigenvalue weighted by Crippen LogP contribution is 2.28. The first-order chi connectivity index (χ1) is 13.0. The van der Waals surface area contributed by atoms with E-state index in [9.17, 15) is 4.79 Å². The van der Waals surface area contributed by atoms with E-state index in [0.29, 0.717) is 29.3 Å². The highest BCUT2D eigenvalue weighted by Gasteiger charge is 2.10. The van der Waals surface area contributed by atoms with E-state index >= 15 is 0 Å². The molecule has 0 saturated heterocycles. The van der Waals surface area contributed by atoms with Crippen molar-refractivity contribution in [2.45, 2.75) is 26.7 Å². The first kappa shape index (κ1) is 19.1. The second-order valence-corrected chi connectivity index (χ2v) is 6.87. The van der Waals surface area contributed by atoms with Crippen molar-refractivity contribution in [3.05, 3.63) is 70.4 Å². The van der Waals surface area contributed by atoms with Crippen LogP contribution in [0.2, 0.25) is 5.02 Å². The number of carbonyl (C=O) groups is 1. The fourth-order valence-electron chi connectivity index (χ4n) is 2.77. The van der Waals surface area contributed by atoms with Crippen molar-refractivity contribution in [1.82, 2.24) is 0 Å². The van der Waals surface area contributed by atoms with Gasteiger partial charge in [0.05, 0.1) is 12.1 Å². The Hall–Kier alpha value is -2.72. The van der Waals surface area contributed by atoms with Crippen molar-refractivity contribution in [3.8, 4) is 17.1 Å². The summed E-state index contributed by atoms with van der Waals surface area (Å²) in [7, 11) is 1.55. The second kappa shape index (κ2) is 8.31. The van der Waals surface area contributed by atoms with Gasteiger partial charge >= 0.3 is 0 Å². The third-order valence-electron chi connectivity index (χ3n) is 4.49. The molecule has 5 heteroatoms. The zero-order valence-electron chi connectivity index (χ0n) is 15.6. The lowest BCUT2D eigenvalue weighted by atomic mass is 10.1. The summed E-state index contributed by atoms with van der Waals surface area (Å²) >= 11 is 6.08. The number of nitrogens with one attached hydrogen (secondary N) is 1. The van der Waals surface area contributed by atoms with Crippen LogP contribution in [0.1, 0.15) is 23.3 Å². The van der Waals surface area contributed by atoms with Crippen LogP contribution in [0.25, 0.3) is 11.3 Å². The van der Waals surface area contributed by atoms with Crippen LogP contribution in [-0.2, 0) is 11.2 Å². The SMILES string of the molecule is COc1ccc(NC(=O)CCc2ccc(-c3ccc(C)c(C)c3)o2)cc1Cl. The van der Waals surface area contributed by atoms with Crippen LogP contribution in [0.4, 0.5) is 5.69 Å². The summed E-state index contributed by atoms with van der Waals surface area (Å²) in [6, 6.07) is 15.3. The largest absolute Gasteiger partial charge is 0.495 e. The number of benzene rings is 2. The van der Waals surface area contributed by atoms with Crippen molar-refractivity contribution in [1.29, 1.82) is 0 Å². The molecular weight excluding hydrogens is 362 g/mol. The zero-order chi connectivity index (χ0) is 19.4. The van der Waals surface area contributed by atoms with E-state index in [-0.39, 0.29) is 5.91 Å². The van der Waals surface area contributed by atoms with Gasteiger partial charge in [-0.25, -0.2) is 0 Å². The summed E-state index contributed by atoms with van der Waals surface area (Å²) in [5.74, 6) is 2.08. The lowest BCUT2D eigenvalue weighted by Crippen LogP contribution is -2.12. The Balaban J connectivity index is 1.58. The maximum Gasteiger partial charge on any atom is 0.224 e. The molecule has 0 aliphatic heterocycles. The molecule has 0 spiro atoms. The molecule has 0 atom stereocenters. The average Bonchev–Trinajstić information content (AvgIpc) is 3.11. The Morgan fingerprint density at radius 3 is 2.59 bits per heavy atom. The Labute approximate surface area is 164 Å². The fraction of sp³-hybridized carbons (Fsp3) is 0.227. The summed E-state index contributed by atoms with van der Waals surface area (Å²) in [6.45, 7) is 4.17. The summed E-state index contributed by atoms with van der Waals surface area (Å²) in [5, 5.41) is 3.29. The molecule has 0 saturated carbocycles. The molecule has 0 radical (unpaired) electrons. The number of hydrogen-bond donors (Lipinski definition) is 1. The molecule has 3 rings (SSSR count). The molecule has 1 amide bonds. The molecule has 1 aromatic heterocycles. The second-order valence-electron chi connectivity index (χ2n) is 6.46. The summed E-state index contributed by atoms with van der Waals surface area (Å²) < 4.78 is 11.0. The number of aryl methyl sites for hydroxylation is 3. The summed E-state index contributed by atoms with van der Waals surface area (Å²) in [6.07, 6.45) is 0.851. The van der Waals surface area contributed by atoms with Gasteiger partial charge in [0, 0.05) is 24.1 Å². The standard InChI is InChI=1S/C22H22ClNO3/c1-14-4-5-16(12-15(14)2)20-10-7-18(27-20)8-11-22(25)24-17-6-9-21(26-3)19(23)13-17/h4-7,9-10,12-13H,8,11H2,1-3H3,(H,24,25). The molecular formula is C22H22ClNO3. The van der Waals surface area contributed by atoms with Crippen molar-refractivity contribution in [2.75, 3.05) is 12.4 Å². The van der Waals surface area contributed by atoms with Crippen LogP contribution >= 0.6 is 11.6 Å². The maximum atomic E-state index is 12.2. The van der Waals surface area contributed by atoms with Gasteiger partial charge in [-0.3, -0.25) is 4.79 Å². The van der Waals surface area contributed by atoms with Gasteiger partial charge in [0.25, 0.3) is 0 Å². The number of halogens is 1. The van der Waals surface area contributed by atoms with Gasteiger partial charge < -0.3 is 14.5 Å². The van der Waals surface area contributed by atoms with E-state index in [0.717, 1.165) is 17.1 Å². The number of amides is 1. The van der Waals surface area contributed by atoms with Gasteiger partial charge in [-0.05, 0) is 61.4 Å². The third kappa shape index (κ3) is 4.72. The Kier molecular flexibility index (Phi) is 5.87. The molecule has 27 heavy (non-hydrogen) atoms. The number of ether oxygens (including phenoxy) is 1. The normalized spacial score (nSPS) is 10.7. The molecule has 0 fully saturated rings. The molecule has 0 aliphatic carbocycles. The Morgan fingerprint density at radius 2 is 1.89 bits per heavy atom. The minimum atomic E-state index is -0.0969. The Bertz CT molecular complexity index is 962. The lowest BCUT2D eigenvalue weighted by Gasteiger charge is -2.07.